The van der Waals surface area contributed by atoms with E-state index in [0.29, 0.717) is 42.1 Å². The normalized spacial score (nSPS) is 11.3. The van der Waals surface area contributed by atoms with Gasteiger partial charge >= 0.3 is 0 Å². The maximum atomic E-state index is 9.46. The summed E-state index contributed by atoms with van der Waals surface area (Å²) in [5.74, 6) is 0. The number of thiazole rings is 1. The summed E-state index contributed by atoms with van der Waals surface area (Å²) in [7, 11) is 0. The van der Waals surface area contributed by atoms with Crippen LogP contribution in [0.3, 0.4) is 0 Å². The van der Waals surface area contributed by atoms with Crippen molar-refractivity contribution in [2.45, 2.75) is 0 Å². The second-order valence-corrected chi connectivity index (χ2v) is 7.65. The molecule has 0 bridgehead atoms. The van der Waals surface area contributed by atoms with Crippen LogP contribution in [-0.2, 0) is 0 Å². The average Bonchev–Trinajstić information content (AvgIpc) is 3.08. The lowest BCUT2D eigenvalue weighted by Gasteiger charge is -2.04. The highest BCUT2D eigenvalue weighted by Crippen LogP contribution is 2.33. The summed E-state index contributed by atoms with van der Waals surface area (Å²) >= 11 is 25.6. The SMILES string of the molecule is N#CC(=CNc1cc(Cl)ccc1Cl)c1nc(-c2ccc(Cl)cc2Cl)cs1. The maximum absolute atomic E-state index is 9.46. The second kappa shape index (κ2) is 8.30. The number of nitrogens with zero attached hydrogens (tertiary/aromatic N) is 2. The van der Waals surface area contributed by atoms with E-state index in [9.17, 15) is 5.26 Å². The van der Waals surface area contributed by atoms with Crippen LogP contribution in [0.25, 0.3) is 16.8 Å². The van der Waals surface area contributed by atoms with Crippen LogP contribution in [0.4, 0.5) is 5.69 Å². The predicted octanol–water partition coefficient (Wildman–Crippen LogP) is 7.40. The Labute approximate surface area is 174 Å². The molecule has 0 saturated heterocycles. The quantitative estimate of drug-likeness (QED) is 0.430. The van der Waals surface area contributed by atoms with Crippen LogP contribution in [0.15, 0.2) is 48.0 Å². The Hall–Kier alpha value is -1.74. The molecule has 3 aromatic rings. The third kappa shape index (κ3) is 4.32. The summed E-state index contributed by atoms with van der Waals surface area (Å²) in [6, 6.07) is 12.4. The summed E-state index contributed by atoms with van der Waals surface area (Å²) in [4.78, 5) is 4.50. The van der Waals surface area contributed by atoms with Gasteiger partial charge in [0.05, 0.1) is 21.4 Å². The number of benzene rings is 2. The van der Waals surface area contributed by atoms with Gasteiger partial charge in [0, 0.05) is 27.2 Å². The fourth-order valence-corrected chi connectivity index (χ4v) is 3.75. The van der Waals surface area contributed by atoms with E-state index < -0.39 is 0 Å². The van der Waals surface area contributed by atoms with E-state index in [1.54, 1.807) is 42.6 Å². The summed E-state index contributed by atoms with van der Waals surface area (Å²) in [6.07, 6.45) is 1.55. The number of hydrogen-bond acceptors (Lipinski definition) is 4. The molecule has 3 rings (SSSR count). The summed E-state index contributed by atoms with van der Waals surface area (Å²) in [5, 5.41) is 16.9. The number of hydrogen-bond donors (Lipinski definition) is 1. The monoisotopic (exact) mass is 439 g/mol. The Bertz CT molecular complexity index is 1040. The third-order valence-corrected chi connectivity index (χ3v) is 5.35. The lowest BCUT2D eigenvalue weighted by molar-refractivity contribution is 1.36. The molecule has 0 spiro atoms. The number of nitrogens with one attached hydrogen (secondary N) is 1. The number of rotatable bonds is 4. The smallest absolute Gasteiger partial charge is 0.136 e. The van der Waals surface area contributed by atoms with Gasteiger partial charge in [-0.1, -0.05) is 46.4 Å². The van der Waals surface area contributed by atoms with Crippen molar-refractivity contribution in [2.24, 2.45) is 0 Å². The van der Waals surface area contributed by atoms with Crippen LogP contribution < -0.4 is 5.32 Å². The molecule has 0 aliphatic carbocycles. The lowest BCUT2D eigenvalue weighted by Crippen LogP contribution is -1.92. The average molecular weight is 441 g/mol. The van der Waals surface area contributed by atoms with Crippen molar-refractivity contribution in [3.05, 3.63) is 73.1 Å². The molecule has 0 atom stereocenters. The first kappa shape index (κ1) is 19.0. The zero-order chi connectivity index (χ0) is 18.7. The van der Waals surface area contributed by atoms with Crippen molar-refractivity contribution < 1.29 is 0 Å². The van der Waals surface area contributed by atoms with Gasteiger partial charge in [-0.15, -0.1) is 11.3 Å². The third-order valence-electron chi connectivity index (χ3n) is 3.36. The highest BCUT2D eigenvalue weighted by Gasteiger charge is 2.12. The van der Waals surface area contributed by atoms with Gasteiger partial charge in [-0.3, -0.25) is 0 Å². The van der Waals surface area contributed by atoms with Crippen LogP contribution in [0.2, 0.25) is 20.1 Å². The molecule has 1 heterocycles. The minimum Gasteiger partial charge on any atom is -0.359 e. The Morgan fingerprint density at radius 1 is 1.04 bits per heavy atom. The molecule has 0 aliphatic heterocycles. The molecule has 1 N–H and O–H groups in total. The van der Waals surface area contributed by atoms with Crippen LogP contribution in [0, 0.1) is 11.3 Å². The Morgan fingerprint density at radius 2 is 1.77 bits per heavy atom. The number of anilines is 1. The zero-order valence-corrected chi connectivity index (χ0v) is 16.8. The molecule has 0 radical (unpaired) electrons. The number of halogens is 4. The van der Waals surface area contributed by atoms with Crippen LogP contribution in [0.1, 0.15) is 5.01 Å². The first-order valence-electron chi connectivity index (χ1n) is 7.21. The summed E-state index contributed by atoms with van der Waals surface area (Å²) in [6.45, 7) is 0. The number of allylic oxidation sites excluding steroid dienone is 1. The highest BCUT2D eigenvalue weighted by atomic mass is 35.5. The van der Waals surface area contributed by atoms with Gasteiger partial charge in [0.2, 0.25) is 0 Å². The topological polar surface area (TPSA) is 48.7 Å². The van der Waals surface area contributed by atoms with Gasteiger partial charge in [-0.2, -0.15) is 5.26 Å². The second-order valence-electron chi connectivity index (χ2n) is 5.10. The van der Waals surface area contributed by atoms with Crippen molar-refractivity contribution in [1.29, 1.82) is 5.26 Å². The summed E-state index contributed by atoms with van der Waals surface area (Å²) < 4.78 is 0. The molecular weight excluding hydrogens is 432 g/mol. The fourth-order valence-electron chi connectivity index (χ4n) is 2.12. The minimum atomic E-state index is 0.363. The minimum absolute atomic E-state index is 0.363. The van der Waals surface area contributed by atoms with Gasteiger partial charge in [0.15, 0.2) is 0 Å². The van der Waals surface area contributed by atoms with E-state index in [2.05, 4.69) is 16.4 Å². The van der Waals surface area contributed by atoms with Gasteiger partial charge in [0.1, 0.15) is 16.6 Å². The summed E-state index contributed by atoms with van der Waals surface area (Å²) in [5.41, 5.74) is 2.39. The van der Waals surface area contributed by atoms with Gasteiger partial charge in [0.25, 0.3) is 0 Å². The first-order valence-corrected chi connectivity index (χ1v) is 9.60. The predicted molar refractivity (Wildman–Crippen MR) is 111 cm³/mol. The van der Waals surface area contributed by atoms with Crippen molar-refractivity contribution in [3.8, 4) is 17.3 Å². The number of nitriles is 1. The van der Waals surface area contributed by atoms with E-state index in [1.807, 2.05) is 5.38 Å². The van der Waals surface area contributed by atoms with Crippen LogP contribution >= 0.6 is 57.7 Å². The maximum Gasteiger partial charge on any atom is 0.136 e. The van der Waals surface area contributed by atoms with Crippen LogP contribution in [0.5, 0.6) is 0 Å². The standard InChI is InChI=1S/C18H9Cl4N3S/c19-11-1-3-13(15(22)5-11)17-9-26-18(25-17)10(7-23)8-24-16-6-12(20)2-4-14(16)21/h1-6,8-9,24H. The molecule has 8 heteroatoms. The van der Waals surface area contributed by atoms with E-state index in [-0.39, 0.29) is 0 Å². The molecule has 0 unspecified atom stereocenters. The van der Waals surface area contributed by atoms with Crippen molar-refractivity contribution in [3.63, 3.8) is 0 Å². The highest BCUT2D eigenvalue weighted by molar-refractivity contribution is 7.11. The number of aromatic nitrogens is 1. The molecular formula is C18H9Cl4N3S. The van der Waals surface area contributed by atoms with Crippen molar-refractivity contribution in [1.82, 2.24) is 4.98 Å². The molecule has 0 aliphatic rings. The van der Waals surface area contributed by atoms with E-state index >= 15 is 0 Å². The van der Waals surface area contributed by atoms with Crippen molar-refractivity contribution >= 4 is 69.0 Å². The Morgan fingerprint density at radius 3 is 2.50 bits per heavy atom. The molecule has 26 heavy (non-hydrogen) atoms. The van der Waals surface area contributed by atoms with Crippen LogP contribution in [-0.4, -0.2) is 4.98 Å². The first-order chi connectivity index (χ1) is 12.5. The van der Waals surface area contributed by atoms with Crippen molar-refractivity contribution in [2.75, 3.05) is 5.32 Å². The molecule has 3 nitrogen and oxygen atoms in total. The van der Waals surface area contributed by atoms with Gasteiger partial charge in [-0.05, 0) is 36.4 Å². The zero-order valence-electron chi connectivity index (χ0n) is 12.9. The molecule has 130 valence electrons. The molecule has 0 amide bonds. The van der Waals surface area contributed by atoms with E-state index in [0.717, 1.165) is 5.56 Å². The molecule has 0 fully saturated rings. The van der Waals surface area contributed by atoms with E-state index in [4.69, 9.17) is 46.4 Å². The largest absolute Gasteiger partial charge is 0.359 e. The van der Waals surface area contributed by atoms with Gasteiger partial charge in [-0.25, -0.2) is 4.98 Å². The molecule has 2 aromatic carbocycles. The fraction of sp³-hybridized carbons (Fsp3) is 0. The lowest BCUT2D eigenvalue weighted by atomic mass is 10.2. The molecule has 0 saturated carbocycles. The van der Waals surface area contributed by atoms with E-state index in [1.165, 1.54) is 11.3 Å². The Balaban J connectivity index is 1.88. The van der Waals surface area contributed by atoms with Gasteiger partial charge < -0.3 is 5.32 Å². The Kier molecular flexibility index (Phi) is 6.08. The molecule has 1 aromatic heterocycles.